The molecule has 6 heteroatoms. The van der Waals surface area contributed by atoms with Crippen LogP contribution in [-0.2, 0) is 10.0 Å². The number of nitrogens with one attached hydrogen (secondary N) is 1. The highest BCUT2D eigenvalue weighted by molar-refractivity contribution is 7.90. The second kappa shape index (κ2) is 5.71. The van der Waals surface area contributed by atoms with Crippen molar-refractivity contribution in [2.45, 2.75) is 18.2 Å². The van der Waals surface area contributed by atoms with Gasteiger partial charge in [-0.25, -0.2) is 0 Å². The zero-order valence-electron chi connectivity index (χ0n) is 11.3. The Morgan fingerprint density at radius 3 is 2.68 bits per heavy atom. The van der Waals surface area contributed by atoms with Gasteiger partial charge in [0.25, 0.3) is 10.0 Å². The lowest BCUT2D eigenvalue weighted by Gasteiger charge is -2.23. The van der Waals surface area contributed by atoms with E-state index in [0.717, 1.165) is 26.1 Å². The third-order valence-corrected chi connectivity index (χ3v) is 4.36. The number of rotatable bonds is 5. The summed E-state index contributed by atoms with van der Waals surface area (Å²) in [6.45, 7) is 4.40. The zero-order chi connectivity index (χ0) is 13.9. The number of benzene rings is 1. The quantitative estimate of drug-likeness (QED) is 0.877. The molecule has 0 atom stereocenters. The average Bonchev–Trinajstić information content (AvgIpc) is 2.67. The molecule has 1 aromatic carbocycles. The minimum Gasteiger partial charge on any atom is -0.354 e. The highest BCUT2D eigenvalue weighted by atomic mass is 32.2. The standard InChI is InChI=1S/C13H19N3O2S/c1-3-9-16(10-8-14-2)13-11-6-4-5-7-12(11)19(17,18)15-13/h4-7,14H,3,8-10H2,1-2H3. The van der Waals surface area contributed by atoms with Crippen molar-refractivity contribution in [3.05, 3.63) is 29.8 Å². The summed E-state index contributed by atoms with van der Waals surface area (Å²) >= 11 is 0. The average molecular weight is 281 g/mol. The van der Waals surface area contributed by atoms with Crippen molar-refractivity contribution in [2.75, 3.05) is 26.7 Å². The minimum atomic E-state index is -3.52. The number of nitrogens with zero attached hydrogens (tertiary/aromatic N) is 2. The fraction of sp³-hybridized carbons (Fsp3) is 0.462. The van der Waals surface area contributed by atoms with E-state index >= 15 is 0 Å². The first-order valence-corrected chi connectivity index (χ1v) is 7.88. The largest absolute Gasteiger partial charge is 0.354 e. The van der Waals surface area contributed by atoms with Gasteiger partial charge in [-0.15, -0.1) is 4.40 Å². The lowest BCUT2D eigenvalue weighted by molar-refractivity contribution is 0.417. The molecule has 2 rings (SSSR count). The van der Waals surface area contributed by atoms with Crippen LogP contribution in [0.15, 0.2) is 33.6 Å². The molecule has 1 heterocycles. The van der Waals surface area contributed by atoms with E-state index in [1.54, 1.807) is 12.1 Å². The summed E-state index contributed by atoms with van der Waals surface area (Å²) in [4.78, 5) is 2.34. The van der Waals surface area contributed by atoms with E-state index < -0.39 is 10.0 Å². The summed E-state index contributed by atoms with van der Waals surface area (Å²) in [5.74, 6) is 0.577. The molecule has 0 fully saturated rings. The first kappa shape index (κ1) is 14.0. The van der Waals surface area contributed by atoms with Crippen LogP contribution in [0.4, 0.5) is 0 Å². The van der Waals surface area contributed by atoms with E-state index in [2.05, 4.69) is 16.6 Å². The van der Waals surface area contributed by atoms with Gasteiger partial charge in [0.1, 0.15) is 4.90 Å². The molecule has 0 saturated heterocycles. The minimum absolute atomic E-state index is 0.315. The second-order valence-electron chi connectivity index (χ2n) is 4.48. The first-order valence-electron chi connectivity index (χ1n) is 6.44. The molecule has 1 N–H and O–H groups in total. The van der Waals surface area contributed by atoms with E-state index in [4.69, 9.17) is 0 Å². The highest BCUT2D eigenvalue weighted by Gasteiger charge is 2.30. The Kier molecular flexibility index (Phi) is 4.21. The van der Waals surface area contributed by atoms with Crippen molar-refractivity contribution >= 4 is 15.9 Å². The lowest BCUT2D eigenvalue weighted by Crippen LogP contribution is -2.36. The molecule has 1 aliphatic heterocycles. The van der Waals surface area contributed by atoms with Gasteiger partial charge in [-0.05, 0) is 25.6 Å². The summed E-state index contributed by atoms with van der Waals surface area (Å²) in [5, 5.41) is 3.08. The predicted molar refractivity (Wildman–Crippen MR) is 76.0 cm³/mol. The van der Waals surface area contributed by atoms with Gasteiger partial charge in [0.15, 0.2) is 5.84 Å². The van der Waals surface area contributed by atoms with Crippen molar-refractivity contribution in [1.29, 1.82) is 0 Å². The summed E-state index contributed by atoms with van der Waals surface area (Å²) in [6.07, 6.45) is 0.949. The Balaban J connectivity index is 2.38. The Bertz CT molecular complexity index is 581. The van der Waals surface area contributed by atoms with Crippen LogP contribution in [0.1, 0.15) is 18.9 Å². The Morgan fingerprint density at radius 2 is 2.00 bits per heavy atom. The summed E-state index contributed by atoms with van der Waals surface area (Å²) in [7, 11) is -1.64. The van der Waals surface area contributed by atoms with Crippen LogP contribution in [0.5, 0.6) is 0 Å². The lowest BCUT2D eigenvalue weighted by atomic mass is 10.2. The maximum Gasteiger partial charge on any atom is 0.285 e. The van der Waals surface area contributed by atoms with E-state index in [0.29, 0.717) is 16.3 Å². The third-order valence-electron chi connectivity index (χ3n) is 3.04. The Labute approximate surface area is 114 Å². The molecule has 0 radical (unpaired) electrons. The molecule has 0 aliphatic carbocycles. The fourth-order valence-corrected chi connectivity index (χ4v) is 3.38. The summed E-state index contributed by atoms with van der Waals surface area (Å²) in [6, 6.07) is 7.01. The molecule has 0 saturated carbocycles. The molecule has 1 aliphatic rings. The second-order valence-corrected chi connectivity index (χ2v) is 6.05. The van der Waals surface area contributed by atoms with Gasteiger partial charge in [-0.1, -0.05) is 19.1 Å². The fourth-order valence-electron chi connectivity index (χ4n) is 2.16. The van der Waals surface area contributed by atoms with Gasteiger partial charge >= 0.3 is 0 Å². The van der Waals surface area contributed by atoms with E-state index in [9.17, 15) is 8.42 Å². The molecule has 0 bridgehead atoms. The molecule has 5 nitrogen and oxygen atoms in total. The molecular weight excluding hydrogens is 262 g/mol. The monoisotopic (exact) mass is 281 g/mol. The SMILES string of the molecule is CCCN(CCNC)C1=NS(=O)(=O)c2ccccc21. The number of likely N-dealkylation sites (N-methyl/N-ethyl adjacent to an activating group) is 1. The molecule has 0 unspecified atom stereocenters. The molecular formula is C13H19N3O2S. The normalized spacial score (nSPS) is 16.0. The van der Waals surface area contributed by atoms with Crippen LogP contribution in [-0.4, -0.2) is 45.8 Å². The van der Waals surface area contributed by atoms with Crippen molar-refractivity contribution in [2.24, 2.45) is 4.40 Å². The first-order chi connectivity index (χ1) is 9.10. The molecule has 1 aromatic rings. The van der Waals surface area contributed by atoms with E-state index in [1.807, 2.05) is 24.1 Å². The predicted octanol–water partition coefficient (Wildman–Crippen LogP) is 1.07. The molecule has 0 spiro atoms. The van der Waals surface area contributed by atoms with Crippen LogP contribution >= 0.6 is 0 Å². The maximum atomic E-state index is 12.0. The molecule has 0 amide bonds. The van der Waals surface area contributed by atoms with Crippen molar-refractivity contribution in [3.8, 4) is 0 Å². The number of amidine groups is 1. The van der Waals surface area contributed by atoms with Crippen LogP contribution in [0.2, 0.25) is 0 Å². The summed E-state index contributed by atoms with van der Waals surface area (Å²) in [5.41, 5.74) is 0.715. The smallest absolute Gasteiger partial charge is 0.285 e. The van der Waals surface area contributed by atoms with Gasteiger partial charge in [0.05, 0.1) is 0 Å². The van der Waals surface area contributed by atoms with E-state index in [-0.39, 0.29) is 0 Å². The summed E-state index contributed by atoms with van der Waals surface area (Å²) < 4.78 is 28.0. The number of hydrogen-bond acceptors (Lipinski definition) is 4. The Morgan fingerprint density at radius 1 is 1.26 bits per heavy atom. The van der Waals surface area contributed by atoms with Crippen LogP contribution in [0, 0.1) is 0 Å². The third kappa shape index (κ3) is 2.79. The van der Waals surface area contributed by atoms with Crippen molar-refractivity contribution in [1.82, 2.24) is 10.2 Å². The maximum absolute atomic E-state index is 12.0. The zero-order valence-corrected chi connectivity index (χ0v) is 12.1. The molecule has 0 aromatic heterocycles. The topological polar surface area (TPSA) is 61.8 Å². The number of hydrogen-bond donors (Lipinski definition) is 1. The van der Waals surface area contributed by atoms with Gasteiger partial charge in [-0.2, -0.15) is 8.42 Å². The Hall–Kier alpha value is -1.40. The molecule has 19 heavy (non-hydrogen) atoms. The van der Waals surface area contributed by atoms with Gasteiger partial charge in [-0.3, -0.25) is 0 Å². The van der Waals surface area contributed by atoms with Gasteiger partial charge in [0.2, 0.25) is 0 Å². The van der Waals surface area contributed by atoms with E-state index in [1.165, 1.54) is 0 Å². The number of sulfonamides is 1. The van der Waals surface area contributed by atoms with Crippen molar-refractivity contribution in [3.63, 3.8) is 0 Å². The highest BCUT2D eigenvalue weighted by Crippen LogP contribution is 2.27. The van der Waals surface area contributed by atoms with Crippen molar-refractivity contribution < 1.29 is 8.42 Å². The molecule has 104 valence electrons. The van der Waals surface area contributed by atoms with Crippen LogP contribution in [0.25, 0.3) is 0 Å². The van der Waals surface area contributed by atoms with Gasteiger partial charge in [0, 0.05) is 25.2 Å². The van der Waals surface area contributed by atoms with Crippen LogP contribution in [0.3, 0.4) is 0 Å². The number of fused-ring (bicyclic) bond motifs is 1. The van der Waals surface area contributed by atoms with Gasteiger partial charge < -0.3 is 10.2 Å². The van der Waals surface area contributed by atoms with Crippen LogP contribution < -0.4 is 5.32 Å².